The van der Waals surface area contributed by atoms with Crippen molar-refractivity contribution in [2.45, 2.75) is 31.7 Å². The maximum atomic E-state index is 14.8. The molecule has 0 saturated carbocycles. The smallest absolute Gasteiger partial charge is 0.258 e. The largest absolute Gasteiger partial charge is 0.370 e. The van der Waals surface area contributed by atoms with Crippen LogP contribution in [0, 0.1) is 5.82 Å². The first-order valence-corrected chi connectivity index (χ1v) is 11.7. The Morgan fingerprint density at radius 2 is 1.94 bits per heavy atom. The summed E-state index contributed by atoms with van der Waals surface area (Å²) in [5, 5.41) is 11.6. The maximum Gasteiger partial charge on any atom is 0.258 e. The Balaban J connectivity index is 1.43. The third kappa shape index (κ3) is 5.98. The van der Waals surface area contributed by atoms with Crippen LogP contribution in [0.25, 0.3) is 10.8 Å². The van der Waals surface area contributed by atoms with Crippen LogP contribution in [0.4, 0.5) is 4.39 Å². The molecule has 0 radical (unpaired) electrons. The highest BCUT2D eigenvalue weighted by Crippen LogP contribution is 2.22. The maximum absolute atomic E-state index is 14.8. The van der Waals surface area contributed by atoms with E-state index in [4.69, 9.17) is 4.74 Å². The van der Waals surface area contributed by atoms with E-state index in [-0.39, 0.29) is 17.8 Å². The molecule has 0 aromatic heterocycles. The van der Waals surface area contributed by atoms with Gasteiger partial charge in [0.1, 0.15) is 5.82 Å². The van der Waals surface area contributed by atoms with E-state index < -0.39 is 0 Å². The van der Waals surface area contributed by atoms with Gasteiger partial charge in [-0.05, 0) is 60.7 Å². The standard InChI is InChI=1S/C27H31FN4O2/c1-34-18-29-16-14-21-15-17-30-27(31-21)32-26(33)24-10-5-11-25(28)23(24)13-12-20-8-4-7-19-6-2-3-9-22(19)20/h2-11,21,29H,12-18H2,1H3,(H2,30,31,32,33). The molecule has 3 N–H and O–H groups in total. The number of guanidine groups is 1. The summed E-state index contributed by atoms with van der Waals surface area (Å²) >= 11 is 0. The molecule has 178 valence electrons. The number of methoxy groups -OCH3 is 1. The van der Waals surface area contributed by atoms with Gasteiger partial charge in [0.2, 0.25) is 0 Å². The lowest BCUT2D eigenvalue weighted by Gasteiger charge is -2.25. The highest BCUT2D eigenvalue weighted by molar-refractivity contribution is 6.06. The summed E-state index contributed by atoms with van der Waals surface area (Å²) in [4.78, 5) is 17.5. The topological polar surface area (TPSA) is 74.8 Å². The first kappa shape index (κ1) is 23.9. The van der Waals surface area contributed by atoms with E-state index in [0.29, 0.717) is 43.2 Å². The number of nitrogens with zero attached hydrogens (tertiary/aromatic N) is 1. The lowest BCUT2D eigenvalue weighted by molar-refractivity contribution is 0.0973. The zero-order valence-electron chi connectivity index (χ0n) is 19.4. The number of ether oxygens (including phenoxy) is 1. The van der Waals surface area contributed by atoms with E-state index in [1.807, 2.05) is 18.2 Å². The number of benzene rings is 3. The average Bonchev–Trinajstić information content (AvgIpc) is 2.86. The van der Waals surface area contributed by atoms with Gasteiger partial charge in [-0.1, -0.05) is 48.5 Å². The fourth-order valence-corrected chi connectivity index (χ4v) is 4.36. The molecule has 7 heteroatoms. The van der Waals surface area contributed by atoms with Crippen molar-refractivity contribution in [3.8, 4) is 0 Å². The summed E-state index contributed by atoms with van der Waals surface area (Å²) in [7, 11) is 1.65. The van der Waals surface area contributed by atoms with Crippen molar-refractivity contribution in [2.75, 3.05) is 26.9 Å². The summed E-state index contributed by atoms with van der Waals surface area (Å²) in [6, 6.07) is 19.2. The van der Waals surface area contributed by atoms with Gasteiger partial charge in [0, 0.05) is 30.8 Å². The lowest BCUT2D eigenvalue weighted by Crippen LogP contribution is -2.49. The van der Waals surface area contributed by atoms with Crippen LogP contribution in [0.5, 0.6) is 0 Å². The van der Waals surface area contributed by atoms with E-state index in [1.165, 1.54) is 6.07 Å². The number of fused-ring (bicyclic) bond motifs is 1. The Morgan fingerprint density at radius 1 is 1.12 bits per heavy atom. The molecule has 0 saturated heterocycles. The number of amides is 1. The molecular formula is C27H31FN4O2. The van der Waals surface area contributed by atoms with Crippen LogP contribution >= 0.6 is 0 Å². The molecule has 6 nitrogen and oxygen atoms in total. The highest BCUT2D eigenvalue weighted by atomic mass is 19.1. The van der Waals surface area contributed by atoms with Gasteiger partial charge in [0.25, 0.3) is 5.91 Å². The minimum Gasteiger partial charge on any atom is -0.370 e. The van der Waals surface area contributed by atoms with E-state index >= 15 is 0 Å². The third-order valence-corrected chi connectivity index (χ3v) is 6.12. The molecule has 0 bridgehead atoms. The Labute approximate surface area is 199 Å². The summed E-state index contributed by atoms with van der Waals surface area (Å²) in [6.45, 7) is 1.94. The molecule has 3 aromatic rings. The summed E-state index contributed by atoms with van der Waals surface area (Å²) in [5.74, 6) is -0.275. The second-order valence-corrected chi connectivity index (χ2v) is 8.44. The molecular weight excluding hydrogens is 431 g/mol. The molecule has 1 unspecified atom stereocenters. The minimum absolute atomic E-state index is 0.204. The third-order valence-electron chi connectivity index (χ3n) is 6.12. The van der Waals surface area contributed by atoms with Crippen LogP contribution in [0.3, 0.4) is 0 Å². The van der Waals surface area contributed by atoms with Crippen molar-refractivity contribution in [1.82, 2.24) is 16.0 Å². The number of nitrogens with one attached hydrogen (secondary N) is 3. The van der Waals surface area contributed by atoms with Crippen LogP contribution in [0.1, 0.15) is 34.3 Å². The Hall–Kier alpha value is -3.29. The van der Waals surface area contributed by atoms with Crippen molar-refractivity contribution >= 4 is 22.6 Å². The molecule has 4 rings (SSSR count). The van der Waals surface area contributed by atoms with Crippen LogP contribution in [0.2, 0.25) is 0 Å². The van der Waals surface area contributed by atoms with Crippen molar-refractivity contribution < 1.29 is 13.9 Å². The fourth-order valence-electron chi connectivity index (χ4n) is 4.36. The quantitative estimate of drug-likeness (QED) is 0.334. The predicted molar refractivity (Wildman–Crippen MR) is 134 cm³/mol. The minimum atomic E-state index is -0.367. The van der Waals surface area contributed by atoms with Crippen LogP contribution in [-0.2, 0) is 17.6 Å². The molecule has 1 aliphatic heterocycles. The monoisotopic (exact) mass is 462 g/mol. The predicted octanol–water partition coefficient (Wildman–Crippen LogP) is 3.80. The first-order valence-electron chi connectivity index (χ1n) is 11.7. The van der Waals surface area contributed by atoms with E-state index in [0.717, 1.165) is 35.7 Å². The van der Waals surface area contributed by atoms with E-state index in [2.05, 4.69) is 45.2 Å². The SMILES string of the molecule is COCNCCC1CCN=C(NC(=O)c2cccc(F)c2CCc2cccc3ccccc23)N1. The molecule has 0 spiro atoms. The molecule has 34 heavy (non-hydrogen) atoms. The van der Waals surface area contributed by atoms with Crippen molar-refractivity contribution in [1.29, 1.82) is 0 Å². The van der Waals surface area contributed by atoms with Gasteiger partial charge >= 0.3 is 0 Å². The van der Waals surface area contributed by atoms with E-state index in [9.17, 15) is 9.18 Å². The number of aryl methyl sites for hydroxylation is 1. The fraction of sp³-hybridized carbons (Fsp3) is 0.333. The number of carbonyl (C=O) groups excluding carboxylic acids is 1. The van der Waals surface area contributed by atoms with Gasteiger partial charge in [0.05, 0.1) is 6.73 Å². The zero-order valence-corrected chi connectivity index (χ0v) is 19.4. The van der Waals surface area contributed by atoms with Gasteiger partial charge in [-0.15, -0.1) is 0 Å². The molecule has 0 aliphatic carbocycles. The van der Waals surface area contributed by atoms with Gasteiger partial charge in [0.15, 0.2) is 5.96 Å². The van der Waals surface area contributed by atoms with Crippen LogP contribution in [-0.4, -0.2) is 44.8 Å². The number of carbonyl (C=O) groups is 1. The molecule has 1 heterocycles. The lowest BCUT2D eigenvalue weighted by atomic mass is 9.95. The van der Waals surface area contributed by atoms with Gasteiger partial charge < -0.3 is 10.1 Å². The molecule has 1 amide bonds. The number of rotatable bonds is 9. The second-order valence-electron chi connectivity index (χ2n) is 8.44. The Morgan fingerprint density at radius 3 is 2.82 bits per heavy atom. The van der Waals surface area contributed by atoms with Gasteiger partial charge in [-0.3, -0.25) is 20.4 Å². The average molecular weight is 463 g/mol. The van der Waals surface area contributed by atoms with Crippen LogP contribution < -0.4 is 16.0 Å². The Bertz CT molecular complexity index is 1160. The molecule has 3 aromatic carbocycles. The van der Waals surface area contributed by atoms with E-state index in [1.54, 1.807) is 19.2 Å². The van der Waals surface area contributed by atoms with Gasteiger partial charge in [-0.25, -0.2) is 4.39 Å². The number of hydrogen-bond donors (Lipinski definition) is 3. The molecule has 1 atom stereocenters. The molecule has 1 aliphatic rings. The number of halogens is 1. The highest BCUT2D eigenvalue weighted by Gasteiger charge is 2.20. The zero-order chi connectivity index (χ0) is 23.8. The summed E-state index contributed by atoms with van der Waals surface area (Å²) in [6.07, 6.45) is 2.84. The normalized spacial score (nSPS) is 15.6. The summed E-state index contributed by atoms with van der Waals surface area (Å²) < 4.78 is 19.8. The first-order chi connectivity index (χ1) is 16.7. The Kier molecular flexibility index (Phi) is 8.22. The van der Waals surface area contributed by atoms with Crippen molar-refractivity contribution in [3.05, 3.63) is 83.2 Å². The number of aliphatic imine (C=N–C) groups is 1. The number of hydrogen-bond acceptors (Lipinski definition) is 5. The van der Waals surface area contributed by atoms with Crippen LogP contribution in [0.15, 0.2) is 65.7 Å². The second kappa shape index (κ2) is 11.7. The molecule has 0 fully saturated rings. The van der Waals surface area contributed by atoms with Crippen molar-refractivity contribution in [2.24, 2.45) is 4.99 Å². The summed E-state index contributed by atoms with van der Waals surface area (Å²) in [5.41, 5.74) is 1.90. The van der Waals surface area contributed by atoms with Gasteiger partial charge in [-0.2, -0.15) is 0 Å². The van der Waals surface area contributed by atoms with Crippen molar-refractivity contribution in [3.63, 3.8) is 0 Å².